The predicted molar refractivity (Wildman–Crippen MR) is 133 cm³/mol. The Morgan fingerprint density at radius 2 is 0.710 bits per heavy atom. The minimum atomic E-state index is -1.08. The number of aliphatic carboxylic acids is 2. The molecular weight excluding hydrogens is 399 g/mol. The Balaban J connectivity index is 0. The van der Waals surface area contributed by atoms with Crippen LogP contribution in [0.2, 0.25) is 3.67 Å². The Bertz CT molecular complexity index is 340. The number of hydrogen-bond acceptors (Lipinski definition) is 2. The summed E-state index contributed by atoms with van der Waals surface area (Å²) in [5, 5.41) is 15.8. The van der Waals surface area contributed by atoms with Gasteiger partial charge in [-0.2, -0.15) is 0 Å². The van der Waals surface area contributed by atoms with E-state index < -0.39 is 11.9 Å². The number of unbranched alkanes of at least 4 members (excludes halogenated alkanes) is 19. The molecule has 0 fully saturated rings. The van der Waals surface area contributed by atoms with E-state index in [1.165, 1.54) is 160 Å². The van der Waals surface area contributed by atoms with E-state index in [2.05, 4.69) is 6.92 Å². The second-order valence-electron chi connectivity index (χ2n) is 9.00. The van der Waals surface area contributed by atoms with E-state index in [1.54, 1.807) is 0 Å². The molecule has 0 spiro atoms. The Kier molecular flexibility index (Phi) is 32.0. The fraction of sp³-hybridized carbons (Fsp3) is 0.923. The van der Waals surface area contributed by atoms with Gasteiger partial charge in [-0.25, -0.2) is 0 Å². The van der Waals surface area contributed by atoms with Crippen LogP contribution in [0.1, 0.15) is 148 Å². The first-order valence-electron chi connectivity index (χ1n) is 13.5. The standard InChI is InChI=1S/C22H45.C4H6O4.Na/c1-3-5-7-9-11-13-15-17-19-21-22-20-18-16-14-12-10-8-6-4-2;5-3(6)1-2-4(7)8;/h1,3-22H2,2H3;1-2H2,(H,5,6)(H,7,8);. The summed E-state index contributed by atoms with van der Waals surface area (Å²) < 4.78 is 1.51. The van der Waals surface area contributed by atoms with Gasteiger partial charge in [-0.1, -0.05) is 64.7 Å². The van der Waals surface area contributed by atoms with Crippen LogP contribution >= 0.6 is 0 Å². The third kappa shape index (κ3) is 37.6. The molecule has 31 heavy (non-hydrogen) atoms. The van der Waals surface area contributed by atoms with Gasteiger partial charge in [0, 0.05) is 0 Å². The van der Waals surface area contributed by atoms with Crippen LogP contribution in [0.3, 0.4) is 0 Å². The molecule has 180 valence electrons. The molecule has 5 heteroatoms. The average molecular weight is 451 g/mol. The summed E-state index contributed by atoms with van der Waals surface area (Å²) in [6, 6.07) is 0. The normalized spacial score (nSPS) is 10.5. The Morgan fingerprint density at radius 3 is 0.903 bits per heavy atom. The summed E-state index contributed by atoms with van der Waals surface area (Å²) in [5.41, 5.74) is 0. The van der Waals surface area contributed by atoms with Gasteiger partial charge < -0.3 is 10.2 Å². The average Bonchev–Trinajstić information content (AvgIpc) is 2.74. The van der Waals surface area contributed by atoms with Gasteiger partial charge in [0.15, 0.2) is 0 Å². The first-order chi connectivity index (χ1) is 15.0. The molecule has 0 aliphatic heterocycles. The molecule has 0 aliphatic rings. The Morgan fingerprint density at radius 1 is 0.484 bits per heavy atom. The molecule has 0 aromatic rings. The number of carboxylic acids is 2. The van der Waals surface area contributed by atoms with Crippen molar-refractivity contribution in [1.82, 2.24) is 0 Å². The van der Waals surface area contributed by atoms with Gasteiger partial charge in [0.25, 0.3) is 0 Å². The molecule has 0 radical (unpaired) electrons. The molecule has 0 saturated heterocycles. The van der Waals surface area contributed by atoms with Crippen molar-refractivity contribution in [2.45, 2.75) is 152 Å². The molecule has 2 N–H and O–H groups in total. The van der Waals surface area contributed by atoms with Crippen molar-refractivity contribution in [3.8, 4) is 0 Å². The van der Waals surface area contributed by atoms with Crippen LogP contribution < -0.4 is 0 Å². The molecule has 0 amide bonds. The summed E-state index contributed by atoms with van der Waals surface area (Å²) in [4.78, 5) is 19.3. The molecular formula is C26H51NaO4. The number of hydrogen-bond donors (Lipinski definition) is 2. The molecule has 0 bridgehead atoms. The van der Waals surface area contributed by atoms with E-state index in [0.29, 0.717) is 0 Å². The zero-order valence-electron chi connectivity index (χ0n) is 21.0. The molecule has 0 rings (SSSR count). The molecule has 0 aromatic heterocycles. The van der Waals surface area contributed by atoms with Crippen LogP contribution in [0.25, 0.3) is 0 Å². The van der Waals surface area contributed by atoms with Gasteiger partial charge in [-0.05, 0) is 0 Å². The number of rotatable bonds is 23. The maximum Gasteiger partial charge on any atom is 0.303 e. The maximum atomic E-state index is 9.64. The Labute approximate surface area is 210 Å². The zero-order valence-corrected chi connectivity index (χ0v) is 23.0. The quantitative estimate of drug-likeness (QED) is 0.121. The molecule has 0 aromatic carbocycles. The number of carboxylic acid groups (broad SMARTS) is 2. The van der Waals surface area contributed by atoms with Crippen molar-refractivity contribution in [1.29, 1.82) is 0 Å². The van der Waals surface area contributed by atoms with Crippen molar-refractivity contribution < 1.29 is 19.8 Å². The zero-order chi connectivity index (χ0) is 23.4. The van der Waals surface area contributed by atoms with E-state index in [0.717, 1.165) is 0 Å². The summed E-state index contributed by atoms with van der Waals surface area (Å²) in [5.74, 6) is -2.15. The SMILES string of the molecule is CCCCCCCCCCCCCCCCCCCCC[CH2][Na].O=C(O)CCC(=O)O. The van der Waals surface area contributed by atoms with E-state index in [1.807, 2.05) is 0 Å². The predicted octanol–water partition coefficient (Wildman–Crippen LogP) is 8.33. The van der Waals surface area contributed by atoms with E-state index >= 15 is 0 Å². The van der Waals surface area contributed by atoms with Crippen LogP contribution in [-0.2, 0) is 9.59 Å². The van der Waals surface area contributed by atoms with E-state index in [4.69, 9.17) is 10.2 Å². The first kappa shape index (κ1) is 33.1. The summed E-state index contributed by atoms with van der Waals surface area (Å²) >= 11 is 1.41. The molecule has 0 saturated carbocycles. The van der Waals surface area contributed by atoms with Crippen molar-refractivity contribution >= 4 is 39.9 Å². The molecule has 0 atom stereocenters. The van der Waals surface area contributed by atoms with Crippen molar-refractivity contribution in [3.63, 3.8) is 0 Å². The smallest absolute Gasteiger partial charge is 0.303 e. The fourth-order valence-corrected chi connectivity index (χ4v) is 4.22. The molecule has 4 nitrogen and oxygen atoms in total. The van der Waals surface area contributed by atoms with Gasteiger partial charge in [-0.3, -0.25) is 9.59 Å². The van der Waals surface area contributed by atoms with Crippen LogP contribution in [0.4, 0.5) is 0 Å². The number of carbonyl (C=O) groups is 2. The second kappa shape index (κ2) is 29.9. The maximum absolute atomic E-state index is 9.64. The monoisotopic (exact) mass is 450 g/mol. The van der Waals surface area contributed by atoms with Gasteiger partial charge >= 0.3 is 114 Å². The van der Waals surface area contributed by atoms with Gasteiger partial charge in [0.05, 0.1) is 12.8 Å². The van der Waals surface area contributed by atoms with Gasteiger partial charge in [0.1, 0.15) is 0 Å². The Hall–Kier alpha value is -0.0600. The summed E-state index contributed by atoms with van der Waals surface area (Å²) in [6.07, 6.45) is 29.1. The summed E-state index contributed by atoms with van der Waals surface area (Å²) in [6.45, 7) is 2.30. The van der Waals surface area contributed by atoms with Crippen molar-refractivity contribution in [3.05, 3.63) is 0 Å². The fourth-order valence-electron chi connectivity index (χ4n) is 3.72. The van der Waals surface area contributed by atoms with Crippen LogP contribution in [0.5, 0.6) is 0 Å². The molecule has 0 heterocycles. The third-order valence-electron chi connectivity index (χ3n) is 5.76. The van der Waals surface area contributed by atoms with Crippen LogP contribution in [0, 0.1) is 0 Å². The topological polar surface area (TPSA) is 74.6 Å². The molecule has 0 aliphatic carbocycles. The minimum Gasteiger partial charge on any atom is -0.481 e. The minimum absolute atomic E-state index is 0.296. The summed E-state index contributed by atoms with van der Waals surface area (Å²) in [7, 11) is 0. The van der Waals surface area contributed by atoms with Crippen LogP contribution in [0.15, 0.2) is 0 Å². The van der Waals surface area contributed by atoms with Gasteiger partial charge in [-0.15, -0.1) is 0 Å². The van der Waals surface area contributed by atoms with Crippen molar-refractivity contribution in [2.24, 2.45) is 0 Å². The second-order valence-corrected chi connectivity index (χ2v) is 10.0. The first-order valence-corrected chi connectivity index (χ1v) is 14.9. The van der Waals surface area contributed by atoms with Crippen LogP contribution in [-0.4, -0.2) is 50.1 Å². The van der Waals surface area contributed by atoms with E-state index in [-0.39, 0.29) is 12.8 Å². The largest absolute Gasteiger partial charge is 0.481 e. The van der Waals surface area contributed by atoms with E-state index in [9.17, 15) is 9.59 Å². The van der Waals surface area contributed by atoms with Crippen molar-refractivity contribution in [2.75, 3.05) is 0 Å². The third-order valence-corrected chi connectivity index (χ3v) is 6.47. The van der Waals surface area contributed by atoms with Gasteiger partial charge in [0.2, 0.25) is 0 Å². The molecule has 0 unspecified atom stereocenters.